The van der Waals surface area contributed by atoms with Crippen LogP contribution in [0.2, 0.25) is 5.02 Å². The normalized spacial score (nSPS) is 19.4. The van der Waals surface area contributed by atoms with Crippen molar-refractivity contribution in [3.05, 3.63) is 29.3 Å². The van der Waals surface area contributed by atoms with Gasteiger partial charge in [0.25, 0.3) is 0 Å². The third-order valence-corrected chi connectivity index (χ3v) is 3.22. The van der Waals surface area contributed by atoms with Crippen molar-refractivity contribution in [1.29, 1.82) is 0 Å². The van der Waals surface area contributed by atoms with Gasteiger partial charge in [-0.1, -0.05) is 17.7 Å². The van der Waals surface area contributed by atoms with Gasteiger partial charge in [0.2, 0.25) is 0 Å². The van der Waals surface area contributed by atoms with Crippen molar-refractivity contribution >= 4 is 17.3 Å². The van der Waals surface area contributed by atoms with Crippen molar-refractivity contribution in [2.75, 3.05) is 25.0 Å². The SMILES string of the molecule is OC1(CNc2cccc(Cl)c2)CCNCC1. The minimum Gasteiger partial charge on any atom is -0.388 e. The van der Waals surface area contributed by atoms with Crippen LogP contribution in [0.4, 0.5) is 5.69 Å². The maximum Gasteiger partial charge on any atom is 0.0843 e. The van der Waals surface area contributed by atoms with E-state index in [4.69, 9.17) is 11.6 Å². The minimum atomic E-state index is -0.590. The van der Waals surface area contributed by atoms with Gasteiger partial charge in [0.1, 0.15) is 0 Å². The molecule has 3 N–H and O–H groups in total. The number of piperidine rings is 1. The fourth-order valence-corrected chi connectivity index (χ4v) is 2.12. The van der Waals surface area contributed by atoms with Crippen LogP contribution in [0.5, 0.6) is 0 Å². The maximum atomic E-state index is 10.3. The van der Waals surface area contributed by atoms with Crippen molar-refractivity contribution in [2.24, 2.45) is 0 Å². The van der Waals surface area contributed by atoms with Crippen molar-refractivity contribution in [2.45, 2.75) is 18.4 Å². The summed E-state index contributed by atoms with van der Waals surface area (Å²) in [7, 11) is 0. The average Bonchev–Trinajstić information content (AvgIpc) is 2.28. The number of benzene rings is 1. The molecule has 1 heterocycles. The Labute approximate surface area is 101 Å². The fraction of sp³-hybridized carbons (Fsp3) is 0.500. The van der Waals surface area contributed by atoms with E-state index in [0.29, 0.717) is 11.6 Å². The van der Waals surface area contributed by atoms with Crippen LogP contribution in [0.1, 0.15) is 12.8 Å². The first kappa shape index (κ1) is 11.7. The van der Waals surface area contributed by atoms with Gasteiger partial charge in [-0.2, -0.15) is 0 Å². The van der Waals surface area contributed by atoms with Crippen LogP contribution in [0.3, 0.4) is 0 Å². The zero-order valence-corrected chi connectivity index (χ0v) is 9.93. The highest BCUT2D eigenvalue weighted by molar-refractivity contribution is 6.30. The monoisotopic (exact) mass is 240 g/mol. The topological polar surface area (TPSA) is 44.3 Å². The average molecular weight is 241 g/mol. The van der Waals surface area contributed by atoms with Crippen molar-refractivity contribution < 1.29 is 5.11 Å². The number of hydrogen-bond donors (Lipinski definition) is 3. The van der Waals surface area contributed by atoms with Crippen LogP contribution in [0.25, 0.3) is 0 Å². The van der Waals surface area contributed by atoms with Gasteiger partial charge in [-0.3, -0.25) is 0 Å². The van der Waals surface area contributed by atoms with E-state index in [1.807, 2.05) is 24.3 Å². The van der Waals surface area contributed by atoms with Crippen LogP contribution in [-0.4, -0.2) is 30.3 Å². The van der Waals surface area contributed by atoms with E-state index in [1.165, 1.54) is 0 Å². The summed E-state index contributed by atoms with van der Waals surface area (Å²) in [6.07, 6.45) is 1.58. The van der Waals surface area contributed by atoms with Crippen LogP contribution in [-0.2, 0) is 0 Å². The van der Waals surface area contributed by atoms with E-state index < -0.39 is 5.60 Å². The van der Waals surface area contributed by atoms with Gasteiger partial charge in [0, 0.05) is 17.3 Å². The Morgan fingerprint density at radius 1 is 1.38 bits per heavy atom. The standard InChI is InChI=1S/C12H17ClN2O/c13-10-2-1-3-11(8-10)15-9-12(16)4-6-14-7-5-12/h1-3,8,14-16H,4-7,9H2. The van der Waals surface area contributed by atoms with Gasteiger partial charge in [-0.25, -0.2) is 0 Å². The molecule has 0 unspecified atom stereocenters. The highest BCUT2D eigenvalue weighted by Gasteiger charge is 2.28. The Bertz CT molecular complexity index is 351. The molecule has 0 amide bonds. The van der Waals surface area contributed by atoms with E-state index in [2.05, 4.69) is 10.6 Å². The quantitative estimate of drug-likeness (QED) is 0.756. The Balaban J connectivity index is 1.91. The van der Waals surface area contributed by atoms with E-state index in [-0.39, 0.29) is 0 Å². The summed E-state index contributed by atoms with van der Waals surface area (Å²) < 4.78 is 0. The van der Waals surface area contributed by atoms with Gasteiger partial charge < -0.3 is 15.7 Å². The largest absolute Gasteiger partial charge is 0.388 e. The fourth-order valence-electron chi connectivity index (χ4n) is 1.93. The summed E-state index contributed by atoms with van der Waals surface area (Å²) in [6, 6.07) is 7.56. The first-order valence-electron chi connectivity index (χ1n) is 5.61. The number of rotatable bonds is 3. The first-order valence-corrected chi connectivity index (χ1v) is 5.98. The zero-order chi connectivity index (χ0) is 11.4. The second-order valence-electron chi connectivity index (χ2n) is 4.34. The van der Waals surface area contributed by atoms with Gasteiger partial charge >= 0.3 is 0 Å². The van der Waals surface area contributed by atoms with Gasteiger partial charge in [-0.05, 0) is 44.1 Å². The smallest absolute Gasteiger partial charge is 0.0843 e. The van der Waals surface area contributed by atoms with Crippen molar-refractivity contribution in [3.63, 3.8) is 0 Å². The van der Waals surface area contributed by atoms with Crippen LogP contribution < -0.4 is 10.6 Å². The highest BCUT2D eigenvalue weighted by atomic mass is 35.5. The number of anilines is 1. The lowest BCUT2D eigenvalue weighted by atomic mass is 9.92. The molecule has 1 aromatic carbocycles. The molecule has 2 rings (SSSR count). The molecule has 0 spiro atoms. The molecule has 0 atom stereocenters. The summed E-state index contributed by atoms with van der Waals surface area (Å²) in [6.45, 7) is 2.34. The van der Waals surface area contributed by atoms with Crippen LogP contribution >= 0.6 is 11.6 Å². The van der Waals surface area contributed by atoms with Crippen molar-refractivity contribution in [1.82, 2.24) is 5.32 Å². The Morgan fingerprint density at radius 3 is 2.81 bits per heavy atom. The van der Waals surface area contributed by atoms with Gasteiger partial charge in [0.15, 0.2) is 0 Å². The first-order chi connectivity index (χ1) is 7.68. The Morgan fingerprint density at radius 2 is 2.12 bits per heavy atom. The second kappa shape index (κ2) is 5.04. The van der Waals surface area contributed by atoms with Crippen LogP contribution in [0.15, 0.2) is 24.3 Å². The molecule has 16 heavy (non-hydrogen) atoms. The lowest BCUT2D eigenvalue weighted by Crippen LogP contribution is -2.46. The third-order valence-electron chi connectivity index (χ3n) is 2.98. The van der Waals surface area contributed by atoms with E-state index >= 15 is 0 Å². The molecule has 0 aromatic heterocycles. The predicted octanol–water partition coefficient (Wildman–Crippen LogP) is 1.87. The Hall–Kier alpha value is -0.770. The molecule has 88 valence electrons. The summed E-state index contributed by atoms with van der Waals surface area (Å²) in [5, 5.41) is 17.4. The number of hydrogen-bond acceptors (Lipinski definition) is 3. The van der Waals surface area contributed by atoms with Gasteiger partial charge in [-0.15, -0.1) is 0 Å². The maximum absolute atomic E-state index is 10.3. The number of nitrogens with one attached hydrogen (secondary N) is 2. The molecule has 1 aliphatic rings. The zero-order valence-electron chi connectivity index (χ0n) is 9.17. The molecule has 0 aliphatic carbocycles. The summed E-state index contributed by atoms with van der Waals surface area (Å²) in [4.78, 5) is 0. The molecule has 0 bridgehead atoms. The minimum absolute atomic E-state index is 0.578. The molecule has 3 nitrogen and oxygen atoms in total. The summed E-state index contributed by atoms with van der Waals surface area (Å²) in [5.41, 5.74) is 0.368. The van der Waals surface area contributed by atoms with E-state index in [9.17, 15) is 5.11 Å². The highest BCUT2D eigenvalue weighted by Crippen LogP contribution is 2.20. The molecule has 4 heteroatoms. The predicted molar refractivity (Wildman–Crippen MR) is 67.0 cm³/mol. The molecule has 0 radical (unpaired) electrons. The molecule has 1 aromatic rings. The number of aliphatic hydroxyl groups is 1. The van der Waals surface area contributed by atoms with Crippen LogP contribution in [0, 0.1) is 0 Å². The van der Waals surface area contributed by atoms with Crippen molar-refractivity contribution in [3.8, 4) is 0 Å². The summed E-state index contributed by atoms with van der Waals surface area (Å²) >= 11 is 5.89. The van der Waals surface area contributed by atoms with E-state index in [1.54, 1.807) is 0 Å². The molecule has 1 saturated heterocycles. The molecule has 0 saturated carbocycles. The van der Waals surface area contributed by atoms with Gasteiger partial charge in [0.05, 0.1) is 5.60 Å². The Kier molecular flexibility index (Phi) is 3.69. The second-order valence-corrected chi connectivity index (χ2v) is 4.77. The lowest BCUT2D eigenvalue weighted by molar-refractivity contribution is 0.0232. The third kappa shape index (κ3) is 3.11. The number of halogens is 1. The molecule has 1 aliphatic heterocycles. The summed E-state index contributed by atoms with van der Waals surface area (Å²) in [5.74, 6) is 0. The molecule has 1 fully saturated rings. The lowest BCUT2D eigenvalue weighted by Gasteiger charge is -2.33. The van der Waals surface area contributed by atoms with E-state index in [0.717, 1.165) is 31.6 Å². The molecular formula is C12H17ClN2O. The molecular weight excluding hydrogens is 224 g/mol.